The second-order valence-electron chi connectivity index (χ2n) is 5.86. The Bertz CT molecular complexity index is 459. The Hall–Kier alpha value is -1.39. The fourth-order valence-electron chi connectivity index (χ4n) is 2.50. The number of nitrogens with one attached hydrogen (secondary N) is 1. The highest BCUT2D eigenvalue weighted by molar-refractivity contribution is 5.81. The summed E-state index contributed by atoms with van der Waals surface area (Å²) < 4.78 is 0. The van der Waals surface area contributed by atoms with Gasteiger partial charge in [0.2, 0.25) is 5.91 Å². The predicted molar refractivity (Wildman–Crippen MR) is 81.2 cm³/mol. The smallest absolute Gasteiger partial charge is 0.237 e. The van der Waals surface area contributed by atoms with Crippen molar-refractivity contribution in [2.75, 3.05) is 19.6 Å². The SMILES string of the molecule is CC(C)[C@H](N)C(=O)NCCN1CCc2ccccc2C1. The second kappa shape index (κ2) is 6.86. The minimum atomic E-state index is -0.405. The van der Waals surface area contributed by atoms with Gasteiger partial charge in [-0.3, -0.25) is 9.69 Å². The van der Waals surface area contributed by atoms with Crippen molar-refractivity contribution in [3.05, 3.63) is 35.4 Å². The zero-order valence-corrected chi connectivity index (χ0v) is 12.4. The molecular formula is C16H25N3O. The van der Waals surface area contributed by atoms with Crippen LogP contribution in [0.3, 0.4) is 0 Å². The van der Waals surface area contributed by atoms with Crippen molar-refractivity contribution in [3.63, 3.8) is 0 Å². The average Bonchev–Trinajstić information content (AvgIpc) is 2.46. The van der Waals surface area contributed by atoms with Crippen molar-refractivity contribution in [2.24, 2.45) is 11.7 Å². The van der Waals surface area contributed by atoms with Gasteiger partial charge in [-0.05, 0) is 23.5 Å². The maximum Gasteiger partial charge on any atom is 0.237 e. The highest BCUT2D eigenvalue weighted by Crippen LogP contribution is 2.17. The van der Waals surface area contributed by atoms with E-state index in [1.807, 2.05) is 13.8 Å². The molecule has 0 unspecified atom stereocenters. The third-order valence-corrected chi connectivity index (χ3v) is 3.96. The van der Waals surface area contributed by atoms with Gasteiger partial charge in [0.15, 0.2) is 0 Å². The number of hydrogen-bond donors (Lipinski definition) is 2. The first-order chi connectivity index (χ1) is 9.58. The molecule has 0 fully saturated rings. The van der Waals surface area contributed by atoms with E-state index >= 15 is 0 Å². The molecule has 0 aliphatic carbocycles. The summed E-state index contributed by atoms with van der Waals surface area (Å²) in [6.07, 6.45) is 1.09. The van der Waals surface area contributed by atoms with Crippen LogP contribution in [0.15, 0.2) is 24.3 Å². The normalized spacial score (nSPS) is 16.8. The zero-order valence-electron chi connectivity index (χ0n) is 12.4. The molecule has 1 aromatic rings. The molecule has 110 valence electrons. The van der Waals surface area contributed by atoms with E-state index in [0.29, 0.717) is 6.54 Å². The minimum absolute atomic E-state index is 0.0441. The van der Waals surface area contributed by atoms with Crippen molar-refractivity contribution < 1.29 is 4.79 Å². The van der Waals surface area contributed by atoms with Crippen LogP contribution in [0.1, 0.15) is 25.0 Å². The van der Waals surface area contributed by atoms with E-state index in [1.165, 1.54) is 11.1 Å². The molecule has 2 rings (SSSR count). The Morgan fingerprint density at radius 3 is 2.75 bits per heavy atom. The van der Waals surface area contributed by atoms with Crippen LogP contribution in [-0.2, 0) is 17.8 Å². The van der Waals surface area contributed by atoms with E-state index in [1.54, 1.807) is 0 Å². The summed E-state index contributed by atoms with van der Waals surface area (Å²) in [6, 6.07) is 8.18. The minimum Gasteiger partial charge on any atom is -0.353 e. The Morgan fingerprint density at radius 1 is 1.35 bits per heavy atom. The van der Waals surface area contributed by atoms with Crippen LogP contribution in [-0.4, -0.2) is 36.5 Å². The molecule has 3 N–H and O–H groups in total. The van der Waals surface area contributed by atoms with Crippen LogP contribution < -0.4 is 11.1 Å². The molecule has 0 saturated carbocycles. The summed E-state index contributed by atoms with van der Waals surface area (Å²) >= 11 is 0. The van der Waals surface area contributed by atoms with Crippen molar-refractivity contribution in [3.8, 4) is 0 Å². The Kier molecular flexibility index (Phi) is 5.15. The first kappa shape index (κ1) is 15.0. The van der Waals surface area contributed by atoms with E-state index < -0.39 is 6.04 Å². The highest BCUT2D eigenvalue weighted by atomic mass is 16.2. The molecular weight excluding hydrogens is 250 g/mol. The number of nitrogens with two attached hydrogens (primary N) is 1. The molecule has 1 atom stereocenters. The summed E-state index contributed by atoms with van der Waals surface area (Å²) in [5.41, 5.74) is 8.68. The lowest BCUT2D eigenvalue weighted by molar-refractivity contribution is -0.123. The van der Waals surface area contributed by atoms with Gasteiger partial charge >= 0.3 is 0 Å². The number of rotatable bonds is 5. The number of carbonyl (C=O) groups excluding carboxylic acids is 1. The summed E-state index contributed by atoms with van der Waals surface area (Å²) in [5, 5.41) is 2.93. The largest absolute Gasteiger partial charge is 0.353 e. The molecule has 0 saturated heterocycles. The van der Waals surface area contributed by atoms with Gasteiger partial charge in [-0.2, -0.15) is 0 Å². The number of fused-ring (bicyclic) bond motifs is 1. The molecule has 1 heterocycles. The van der Waals surface area contributed by atoms with E-state index in [-0.39, 0.29) is 11.8 Å². The van der Waals surface area contributed by atoms with Gasteiger partial charge in [-0.15, -0.1) is 0 Å². The molecule has 1 amide bonds. The standard InChI is InChI=1S/C16H25N3O/c1-12(2)15(17)16(20)18-8-10-19-9-7-13-5-3-4-6-14(13)11-19/h3-6,12,15H,7-11,17H2,1-2H3,(H,18,20)/t15-/m0/s1. The summed E-state index contributed by atoms with van der Waals surface area (Å²) in [7, 11) is 0. The molecule has 1 aromatic carbocycles. The quantitative estimate of drug-likeness (QED) is 0.847. The highest BCUT2D eigenvalue weighted by Gasteiger charge is 2.18. The maximum absolute atomic E-state index is 11.8. The summed E-state index contributed by atoms with van der Waals surface area (Å²) in [6.45, 7) is 7.51. The van der Waals surface area contributed by atoms with E-state index in [0.717, 1.165) is 26.1 Å². The molecule has 0 radical (unpaired) electrons. The fourth-order valence-corrected chi connectivity index (χ4v) is 2.50. The van der Waals surface area contributed by atoms with Crippen molar-refractivity contribution >= 4 is 5.91 Å². The van der Waals surface area contributed by atoms with Gasteiger partial charge in [0, 0.05) is 26.2 Å². The number of carbonyl (C=O) groups is 1. The number of hydrogen-bond acceptors (Lipinski definition) is 3. The first-order valence-corrected chi connectivity index (χ1v) is 7.40. The van der Waals surface area contributed by atoms with Crippen LogP contribution >= 0.6 is 0 Å². The van der Waals surface area contributed by atoms with E-state index in [2.05, 4.69) is 34.5 Å². The predicted octanol–water partition coefficient (Wildman–Crippen LogP) is 1.14. The molecule has 0 bridgehead atoms. The van der Waals surface area contributed by atoms with Gasteiger partial charge in [0.05, 0.1) is 6.04 Å². The zero-order chi connectivity index (χ0) is 14.5. The Morgan fingerprint density at radius 2 is 2.05 bits per heavy atom. The van der Waals surface area contributed by atoms with Crippen molar-refractivity contribution in [1.29, 1.82) is 0 Å². The fraction of sp³-hybridized carbons (Fsp3) is 0.562. The van der Waals surface area contributed by atoms with Crippen molar-refractivity contribution in [1.82, 2.24) is 10.2 Å². The van der Waals surface area contributed by atoms with Gasteiger partial charge in [-0.25, -0.2) is 0 Å². The van der Waals surface area contributed by atoms with Crippen LogP contribution in [0.5, 0.6) is 0 Å². The Balaban J connectivity index is 1.75. The monoisotopic (exact) mass is 275 g/mol. The number of benzene rings is 1. The van der Waals surface area contributed by atoms with Crippen LogP contribution in [0, 0.1) is 5.92 Å². The first-order valence-electron chi connectivity index (χ1n) is 7.40. The lowest BCUT2D eigenvalue weighted by atomic mass is 10.00. The topological polar surface area (TPSA) is 58.4 Å². The Labute approximate surface area is 121 Å². The van der Waals surface area contributed by atoms with E-state index in [4.69, 9.17) is 5.73 Å². The summed E-state index contributed by atoms with van der Waals surface area (Å²) in [4.78, 5) is 14.1. The molecule has 1 aliphatic heterocycles. The van der Waals surface area contributed by atoms with Gasteiger partial charge in [-0.1, -0.05) is 38.1 Å². The number of amides is 1. The molecule has 4 nitrogen and oxygen atoms in total. The van der Waals surface area contributed by atoms with Crippen LogP contribution in [0.25, 0.3) is 0 Å². The summed E-state index contributed by atoms with van der Waals surface area (Å²) in [5.74, 6) is 0.134. The molecule has 4 heteroatoms. The maximum atomic E-state index is 11.8. The lowest BCUT2D eigenvalue weighted by Gasteiger charge is -2.28. The second-order valence-corrected chi connectivity index (χ2v) is 5.86. The van der Waals surface area contributed by atoms with Gasteiger partial charge < -0.3 is 11.1 Å². The molecule has 1 aliphatic rings. The molecule has 0 spiro atoms. The van der Waals surface area contributed by atoms with Crippen LogP contribution in [0.2, 0.25) is 0 Å². The number of nitrogens with zero attached hydrogens (tertiary/aromatic N) is 1. The van der Waals surface area contributed by atoms with Gasteiger partial charge in [0.25, 0.3) is 0 Å². The van der Waals surface area contributed by atoms with Crippen molar-refractivity contribution in [2.45, 2.75) is 32.9 Å². The van der Waals surface area contributed by atoms with Crippen LogP contribution in [0.4, 0.5) is 0 Å². The van der Waals surface area contributed by atoms with E-state index in [9.17, 15) is 4.79 Å². The van der Waals surface area contributed by atoms with Gasteiger partial charge in [0.1, 0.15) is 0 Å². The third kappa shape index (κ3) is 3.81. The molecule has 0 aromatic heterocycles. The molecule has 20 heavy (non-hydrogen) atoms. The average molecular weight is 275 g/mol. The third-order valence-electron chi connectivity index (χ3n) is 3.96. The lowest BCUT2D eigenvalue weighted by Crippen LogP contribution is -2.46.